The summed E-state index contributed by atoms with van der Waals surface area (Å²) < 4.78 is 28.4. The molecule has 0 atom stereocenters. The highest BCUT2D eigenvalue weighted by molar-refractivity contribution is 6.16. The molecule has 0 bridgehead atoms. The Morgan fingerprint density at radius 2 is 1.84 bits per heavy atom. The van der Waals surface area contributed by atoms with Gasteiger partial charge in [0.05, 0.1) is 11.4 Å². The summed E-state index contributed by atoms with van der Waals surface area (Å²) in [5.41, 5.74) is 1.61. The molecule has 0 spiro atoms. The number of para-hydroxylation sites is 1. The molecule has 0 unspecified atom stereocenters. The first kappa shape index (κ1) is 21.5. The summed E-state index contributed by atoms with van der Waals surface area (Å²) in [6.07, 6.45) is 3.43. The Kier molecular flexibility index (Phi) is 5.89. The lowest BCUT2D eigenvalue weighted by atomic mass is 10.1. The highest BCUT2D eigenvalue weighted by Crippen LogP contribution is 2.28. The van der Waals surface area contributed by atoms with Gasteiger partial charge in [0, 0.05) is 13.1 Å². The van der Waals surface area contributed by atoms with Gasteiger partial charge in [-0.2, -0.15) is 0 Å². The summed E-state index contributed by atoms with van der Waals surface area (Å²) in [4.78, 5) is 39.8. The molecule has 2 fully saturated rings. The van der Waals surface area contributed by atoms with Gasteiger partial charge < -0.3 is 15.5 Å². The molecule has 7 nitrogen and oxygen atoms in total. The van der Waals surface area contributed by atoms with E-state index in [-0.39, 0.29) is 11.4 Å². The largest absolute Gasteiger partial charge is 0.369 e. The number of halogens is 2. The Bertz CT molecular complexity index is 1130. The number of urea groups is 1. The third kappa shape index (κ3) is 4.32. The highest BCUT2D eigenvalue weighted by Gasteiger charge is 2.35. The lowest BCUT2D eigenvalue weighted by Gasteiger charge is -2.19. The smallest absolute Gasteiger partial charge is 0.329 e. The molecular formula is C23H22F2N4O3. The fourth-order valence-electron chi connectivity index (χ4n) is 3.80. The minimum atomic E-state index is -0.781. The molecule has 0 saturated carbocycles. The number of amides is 4. The van der Waals surface area contributed by atoms with E-state index in [0.29, 0.717) is 16.2 Å². The first-order valence-electron chi connectivity index (χ1n) is 10.3. The first-order valence-corrected chi connectivity index (χ1v) is 10.3. The highest BCUT2D eigenvalue weighted by atomic mass is 19.1. The molecule has 2 aromatic carbocycles. The Morgan fingerprint density at radius 1 is 1.12 bits per heavy atom. The van der Waals surface area contributed by atoms with Crippen LogP contribution in [0.1, 0.15) is 24.0 Å². The normalized spacial score (nSPS) is 17.3. The Labute approximate surface area is 183 Å². The van der Waals surface area contributed by atoms with Gasteiger partial charge in [0.1, 0.15) is 23.9 Å². The molecule has 0 radical (unpaired) electrons. The molecule has 2 aliphatic rings. The van der Waals surface area contributed by atoms with Crippen molar-refractivity contribution in [2.24, 2.45) is 0 Å². The van der Waals surface area contributed by atoms with Crippen LogP contribution >= 0.6 is 0 Å². The van der Waals surface area contributed by atoms with E-state index in [2.05, 4.69) is 10.6 Å². The van der Waals surface area contributed by atoms with Gasteiger partial charge in [0.25, 0.3) is 5.91 Å². The molecule has 4 rings (SSSR count). The molecule has 2 saturated heterocycles. The summed E-state index contributed by atoms with van der Waals surface area (Å²) in [5.74, 6) is -2.48. The predicted octanol–water partition coefficient (Wildman–Crippen LogP) is 3.40. The minimum Gasteiger partial charge on any atom is -0.369 e. The lowest BCUT2D eigenvalue weighted by molar-refractivity contribution is -0.127. The summed E-state index contributed by atoms with van der Waals surface area (Å²) in [7, 11) is 0. The number of hydrogen-bond donors (Lipinski definition) is 2. The zero-order valence-electron chi connectivity index (χ0n) is 17.5. The second kappa shape index (κ2) is 8.78. The monoisotopic (exact) mass is 440 g/mol. The van der Waals surface area contributed by atoms with E-state index in [4.69, 9.17) is 0 Å². The number of carbonyl (C=O) groups excluding carboxylic acids is 3. The van der Waals surface area contributed by atoms with Gasteiger partial charge in [0.2, 0.25) is 5.91 Å². The van der Waals surface area contributed by atoms with Crippen molar-refractivity contribution in [2.45, 2.75) is 19.8 Å². The summed E-state index contributed by atoms with van der Waals surface area (Å²) in [6, 6.07) is 7.85. The van der Waals surface area contributed by atoms with Crippen LogP contribution < -0.4 is 15.5 Å². The minimum absolute atomic E-state index is 0.0514. The van der Waals surface area contributed by atoms with Crippen molar-refractivity contribution < 1.29 is 23.2 Å². The van der Waals surface area contributed by atoms with Crippen LogP contribution in [0.2, 0.25) is 0 Å². The van der Waals surface area contributed by atoms with E-state index in [1.54, 1.807) is 19.1 Å². The molecule has 166 valence electrons. The van der Waals surface area contributed by atoms with Crippen LogP contribution in [-0.4, -0.2) is 42.4 Å². The average molecular weight is 440 g/mol. The molecule has 0 aromatic heterocycles. The summed E-state index contributed by atoms with van der Waals surface area (Å²) >= 11 is 0. The number of nitrogens with zero attached hydrogens (tertiary/aromatic N) is 2. The van der Waals surface area contributed by atoms with Crippen molar-refractivity contribution >= 4 is 35.3 Å². The maximum atomic E-state index is 14.7. The molecule has 0 aliphatic carbocycles. The van der Waals surface area contributed by atoms with E-state index in [0.717, 1.165) is 31.5 Å². The van der Waals surface area contributed by atoms with E-state index in [1.165, 1.54) is 30.3 Å². The van der Waals surface area contributed by atoms with Crippen molar-refractivity contribution in [3.8, 4) is 0 Å². The quantitative estimate of drug-likeness (QED) is 0.552. The third-order valence-corrected chi connectivity index (χ3v) is 5.49. The van der Waals surface area contributed by atoms with Crippen LogP contribution in [0, 0.1) is 18.6 Å². The van der Waals surface area contributed by atoms with Crippen molar-refractivity contribution in [3.05, 3.63) is 64.9 Å². The van der Waals surface area contributed by atoms with E-state index in [1.807, 2.05) is 4.90 Å². The molecule has 2 heterocycles. The van der Waals surface area contributed by atoms with Gasteiger partial charge in [0.15, 0.2) is 0 Å². The summed E-state index contributed by atoms with van der Waals surface area (Å²) in [6.45, 7) is 2.81. The lowest BCUT2D eigenvalue weighted by Crippen LogP contribution is -2.38. The third-order valence-electron chi connectivity index (χ3n) is 5.49. The van der Waals surface area contributed by atoms with Gasteiger partial charge in [-0.15, -0.1) is 0 Å². The number of carbonyl (C=O) groups is 3. The predicted molar refractivity (Wildman–Crippen MR) is 116 cm³/mol. The Balaban J connectivity index is 1.49. The molecule has 2 N–H and O–H groups in total. The molecule has 2 aliphatic heterocycles. The number of aryl methyl sites for hydroxylation is 1. The van der Waals surface area contributed by atoms with E-state index < -0.39 is 36.0 Å². The van der Waals surface area contributed by atoms with Gasteiger partial charge in [-0.25, -0.2) is 18.5 Å². The number of hydrogen-bond acceptors (Lipinski definition) is 4. The maximum absolute atomic E-state index is 14.7. The zero-order chi connectivity index (χ0) is 22.8. The van der Waals surface area contributed by atoms with Crippen LogP contribution in [0.15, 0.2) is 42.1 Å². The fourth-order valence-corrected chi connectivity index (χ4v) is 3.80. The van der Waals surface area contributed by atoms with Crippen LogP contribution in [0.3, 0.4) is 0 Å². The second-order valence-electron chi connectivity index (χ2n) is 7.76. The van der Waals surface area contributed by atoms with Crippen molar-refractivity contribution in [2.75, 3.05) is 29.9 Å². The average Bonchev–Trinajstić information content (AvgIpc) is 3.37. The molecule has 32 heavy (non-hydrogen) atoms. The van der Waals surface area contributed by atoms with Crippen molar-refractivity contribution in [3.63, 3.8) is 0 Å². The van der Waals surface area contributed by atoms with Gasteiger partial charge >= 0.3 is 6.03 Å². The Hall–Kier alpha value is -3.75. The van der Waals surface area contributed by atoms with Crippen molar-refractivity contribution in [1.29, 1.82) is 0 Å². The van der Waals surface area contributed by atoms with Gasteiger partial charge in [-0.05, 0) is 61.2 Å². The topological polar surface area (TPSA) is 81.8 Å². The van der Waals surface area contributed by atoms with Gasteiger partial charge in [-0.1, -0.05) is 12.1 Å². The molecule has 2 aromatic rings. The van der Waals surface area contributed by atoms with Crippen LogP contribution in [0.4, 0.5) is 25.0 Å². The first-order chi connectivity index (χ1) is 15.3. The number of rotatable bonds is 5. The zero-order valence-corrected chi connectivity index (χ0v) is 17.5. The molecular weight excluding hydrogens is 418 g/mol. The SMILES string of the molecule is Cc1cc(N2CCCC2)c(F)cc1C=C1NC(=O)N(CC(=O)Nc2ccccc2F)C1=O. The molecule has 4 amide bonds. The fraction of sp³-hybridized carbons (Fsp3) is 0.261. The number of nitrogens with one attached hydrogen (secondary N) is 2. The standard InChI is InChI=1S/C23H22F2N4O3/c1-14-10-20(28-8-4-5-9-28)17(25)11-15(14)12-19-22(31)29(23(32)27-19)13-21(30)26-18-7-3-2-6-16(18)24/h2-3,6-7,10-12H,4-5,8-9,13H2,1H3,(H,26,30)(H,27,32). The van der Waals surface area contributed by atoms with E-state index in [9.17, 15) is 23.2 Å². The van der Waals surface area contributed by atoms with Crippen LogP contribution in [-0.2, 0) is 9.59 Å². The number of imide groups is 1. The summed E-state index contributed by atoms with van der Waals surface area (Å²) in [5, 5.41) is 4.74. The van der Waals surface area contributed by atoms with E-state index >= 15 is 0 Å². The van der Waals surface area contributed by atoms with Crippen LogP contribution in [0.25, 0.3) is 6.08 Å². The number of anilines is 2. The second-order valence-corrected chi connectivity index (χ2v) is 7.76. The number of benzene rings is 2. The Morgan fingerprint density at radius 3 is 2.56 bits per heavy atom. The van der Waals surface area contributed by atoms with Crippen molar-refractivity contribution in [1.82, 2.24) is 10.2 Å². The maximum Gasteiger partial charge on any atom is 0.329 e. The van der Waals surface area contributed by atoms with Crippen LogP contribution in [0.5, 0.6) is 0 Å². The van der Waals surface area contributed by atoms with Gasteiger partial charge in [-0.3, -0.25) is 9.59 Å². The molecule has 9 heteroatoms.